The van der Waals surface area contributed by atoms with Crippen molar-refractivity contribution in [3.63, 3.8) is 0 Å². The highest BCUT2D eigenvalue weighted by atomic mass is 16.6. The van der Waals surface area contributed by atoms with E-state index in [1.165, 1.54) is 0 Å². The first kappa shape index (κ1) is 14.5. The smallest absolute Gasteiger partial charge is 0.330 e. The van der Waals surface area contributed by atoms with E-state index in [4.69, 9.17) is 16.6 Å². The Morgan fingerprint density at radius 2 is 1.81 bits per heavy atom. The van der Waals surface area contributed by atoms with Gasteiger partial charge in [-0.2, -0.15) is 0 Å². The molecule has 2 atom stereocenters. The molecule has 0 saturated carbocycles. The van der Waals surface area contributed by atoms with Gasteiger partial charge in [-0.3, -0.25) is 9.59 Å². The summed E-state index contributed by atoms with van der Waals surface area (Å²) in [4.78, 5) is 32.4. The van der Waals surface area contributed by atoms with E-state index in [1.807, 2.05) is 0 Å². The standard InChI is InChI=1S/C9H16N2O5/c1-2-5(10)9(15)16-7(12)4-3-6(11)8(13)14/h5-6H,2-4,10-11H2,1H3,(H,13,14)/t5?,6-/m0/s1. The van der Waals surface area contributed by atoms with Crippen LogP contribution in [0.5, 0.6) is 0 Å². The molecular formula is C9H16N2O5. The maximum Gasteiger partial charge on any atom is 0.330 e. The van der Waals surface area contributed by atoms with Crippen LogP contribution in [0.15, 0.2) is 0 Å². The summed E-state index contributed by atoms with van der Waals surface area (Å²) < 4.78 is 4.38. The number of carboxylic acid groups (broad SMARTS) is 1. The average Bonchev–Trinajstić information content (AvgIpc) is 2.24. The highest BCUT2D eigenvalue weighted by molar-refractivity contribution is 5.88. The average molecular weight is 232 g/mol. The predicted molar refractivity (Wildman–Crippen MR) is 54.2 cm³/mol. The van der Waals surface area contributed by atoms with Crippen LogP contribution in [0.2, 0.25) is 0 Å². The van der Waals surface area contributed by atoms with E-state index >= 15 is 0 Å². The van der Waals surface area contributed by atoms with E-state index in [0.29, 0.717) is 6.42 Å². The second-order valence-corrected chi connectivity index (χ2v) is 3.29. The molecular weight excluding hydrogens is 216 g/mol. The Morgan fingerprint density at radius 1 is 1.25 bits per heavy atom. The Kier molecular flexibility index (Phi) is 6.28. The molecule has 0 aromatic carbocycles. The van der Waals surface area contributed by atoms with Crippen molar-refractivity contribution in [2.45, 2.75) is 38.3 Å². The molecule has 0 amide bonds. The highest BCUT2D eigenvalue weighted by Crippen LogP contribution is 1.99. The molecule has 5 N–H and O–H groups in total. The molecule has 0 saturated heterocycles. The third-order valence-corrected chi connectivity index (χ3v) is 1.93. The zero-order valence-corrected chi connectivity index (χ0v) is 9.01. The third kappa shape index (κ3) is 5.42. The predicted octanol–water partition coefficient (Wildman–Crippen LogP) is -1.01. The molecule has 7 heteroatoms. The van der Waals surface area contributed by atoms with Crippen molar-refractivity contribution >= 4 is 17.9 Å². The van der Waals surface area contributed by atoms with Crippen LogP contribution in [-0.4, -0.2) is 35.1 Å². The topological polar surface area (TPSA) is 133 Å². The number of ether oxygens (including phenoxy) is 1. The molecule has 0 aliphatic carbocycles. The van der Waals surface area contributed by atoms with Gasteiger partial charge in [0.15, 0.2) is 0 Å². The van der Waals surface area contributed by atoms with Crippen molar-refractivity contribution in [3.05, 3.63) is 0 Å². The number of hydrogen-bond acceptors (Lipinski definition) is 6. The van der Waals surface area contributed by atoms with Crippen LogP contribution in [0.25, 0.3) is 0 Å². The van der Waals surface area contributed by atoms with Crippen LogP contribution in [0.1, 0.15) is 26.2 Å². The molecule has 7 nitrogen and oxygen atoms in total. The Morgan fingerprint density at radius 3 is 2.25 bits per heavy atom. The third-order valence-electron chi connectivity index (χ3n) is 1.93. The molecule has 0 aliphatic rings. The number of carbonyl (C=O) groups is 3. The first-order chi connectivity index (χ1) is 7.38. The molecule has 0 bridgehead atoms. The van der Waals surface area contributed by atoms with E-state index in [1.54, 1.807) is 6.92 Å². The molecule has 0 aliphatic heterocycles. The lowest BCUT2D eigenvalue weighted by atomic mass is 10.2. The fourth-order valence-electron chi connectivity index (χ4n) is 0.802. The molecule has 0 heterocycles. The normalized spacial score (nSPS) is 13.9. The number of carboxylic acids is 1. The number of carbonyl (C=O) groups excluding carboxylic acids is 2. The van der Waals surface area contributed by atoms with Gasteiger partial charge in [-0.05, 0) is 12.8 Å². The summed E-state index contributed by atoms with van der Waals surface area (Å²) in [6, 6.07) is -1.97. The lowest BCUT2D eigenvalue weighted by Gasteiger charge is -2.08. The van der Waals surface area contributed by atoms with Crippen molar-refractivity contribution < 1.29 is 24.2 Å². The van der Waals surface area contributed by atoms with E-state index in [0.717, 1.165) is 0 Å². The van der Waals surface area contributed by atoms with Gasteiger partial charge >= 0.3 is 17.9 Å². The fourth-order valence-corrected chi connectivity index (χ4v) is 0.802. The van der Waals surface area contributed by atoms with Crippen LogP contribution in [0.3, 0.4) is 0 Å². The largest absolute Gasteiger partial charge is 0.480 e. The lowest BCUT2D eigenvalue weighted by Crippen LogP contribution is -2.34. The molecule has 16 heavy (non-hydrogen) atoms. The minimum absolute atomic E-state index is 0.0805. The Bertz CT molecular complexity index is 279. The van der Waals surface area contributed by atoms with E-state index < -0.39 is 30.0 Å². The zero-order chi connectivity index (χ0) is 12.7. The Balaban J connectivity index is 3.92. The lowest BCUT2D eigenvalue weighted by molar-refractivity contribution is -0.160. The molecule has 0 spiro atoms. The summed E-state index contributed by atoms with van der Waals surface area (Å²) in [6.45, 7) is 1.68. The summed E-state index contributed by atoms with van der Waals surface area (Å²) in [5.41, 5.74) is 10.5. The second kappa shape index (κ2) is 6.91. The maximum atomic E-state index is 11.1. The zero-order valence-electron chi connectivity index (χ0n) is 9.01. The molecule has 0 radical (unpaired) electrons. The summed E-state index contributed by atoms with van der Waals surface area (Å²) in [7, 11) is 0. The first-order valence-corrected chi connectivity index (χ1v) is 4.87. The van der Waals surface area contributed by atoms with Gasteiger partial charge in [0.1, 0.15) is 12.1 Å². The molecule has 92 valence electrons. The highest BCUT2D eigenvalue weighted by Gasteiger charge is 2.19. The molecule has 0 fully saturated rings. The summed E-state index contributed by atoms with van der Waals surface area (Å²) in [5.74, 6) is -2.83. The minimum Gasteiger partial charge on any atom is -0.480 e. The molecule has 0 aromatic rings. The first-order valence-electron chi connectivity index (χ1n) is 4.87. The van der Waals surface area contributed by atoms with Gasteiger partial charge < -0.3 is 21.3 Å². The van der Waals surface area contributed by atoms with E-state index in [2.05, 4.69) is 4.74 Å². The molecule has 1 unspecified atom stereocenters. The van der Waals surface area contributed by atoms with Crippen molar-refractivity contribution in [1.82, 2.24) is 0 Å². The van der Waals surface area contributed by atoms with Crippen molar-refractivity contribution in [3.8, 4) is 0 Å². The number of esters is 2. The SMILES string of the molecule is CCC(N)C(=O)OC(=O)CC[C@H](N)C(=O)O. The number of nitrogens with two attached hydrogens (primary N) is 2. The molecule has 0 rings (SSSR count). The van der Waals surface area contributed by atoms with Gasteiger partial charge in [-0.25, -0.2) is 4.79 Å². The van der Waals surface area contributed by atoms with Crippen LogP contribution in [0, 0.1) is 0 Å². The minimum atomic E-state index is -1.20. The van der Waals surface area contributed by atoms with E-state index in [9.17, 15) is 14.4 Å². The van der Waals surface area contributed by atoms with Crippen molar-refractivity contribution in [2.24, 2.45) is 11.5 Å². The van der Waals surface area contributed by atoms with Crippen LogP contribution in [0.4, 0.5) is 0 Å². The summed E-state index contributed by atoms with van der Waals surface area (Å²) >= 11 is 0. The van der Waals surface area contributed by atoms with Gasteiger partial charge in [0, 0.05) is 6.42 Å². The molecule has 0 aromatic heterocycles. The second-order valence-electron chi connectivity index (χ2n) is 3.29. The van der Waals surface area contributed by atoms with Crippen LogP contribution < -0.4 is 11.5 Å². The number of hydrogen-bond donors (Lipinski definition) is 3. The summed E-state index contributed by atoms with van der Waals surface area (Å²) in [6.07, 6.45) is 0.0548. The van der Waals surface area contributed by atoms with Crippen molar-refractivity contribution in [1.29, 1.82) is 0 Å². The quantitative estimate of drug-likeness (QED) is 0.394. The Hall–Kier alpha value is -1.47. The fraction of sp³-hybridized carbons (Fsp3) is 0.667. The van der Waals surface area contributed by atoms with Gasteiger partial charge in [-0.15, -0.1) is 0 Å². The van der Waals surface area contributed by atoms with E-state index in [-0.39, 0.29) is 12.8 Å². The van der Waals surface area contributed by atoms with Gasteiger partial charge in [0.05, 0.1) is 0 Å². The van der Waals surface area contributed by atoms with Gasteiger partial charge in [-0.1, -0.05) is 6.92 Å². The number of aliphatic carboxylic acids is 1. The number of rotatable bonds is 6. The van der Waals surface area contributed by atoms with Gasteiger partial charge in [0.2, 0.25) is 0 Å². The summed E-state index contributed by atoms with van der Waals surface area (Å²) in [5, 5.41) is 8.44. The maximum absolute atomic E-state index is 11.1. The van der Waals surface area contributed by atoms with Crippen molar-refractivity contribution in [2.75, 3.05) is 0 Å². The van der Waals surface area contributed by atoms with Gasteiger partial charge in [0.25, 0.3) is 0 Å². The monoisotopic (exact) mass is 232 g/mol. The van der Waals surface area contributed by atoms with Crippen LogP contribution in [-0.2, 0) is 19.1 Å². The Labute approximate surface area is 92.7 Å². The van der Waals surface area contributed by atoms with Crippen LogP contribution >= 0.6 is 0 Å².